The zero-order valence-electron chi connectivity index (χ0n) is 17.1. The molecule has 2 N–H and O–H groups in total. The normalized spacial score (nSPS) is 23.2. The van der Waals surface area contributed by atoms with E-state index < -0.39 is 5.60 Å². The molecule has 0 atom stereocenters. The SMILES string of the molecule is Nc1cccc(C(=O)N2CCC3(CC2)CC(=O)N(CC2CCCCC2)CCO3)n1. The van der Waals surface area contributed by atoms with Crippen molar-refractivity contribution < 1.29 is 14.3 Å². The van der Waals surface area contributed by atoms with E-state index in [-0.39, 0.29) is 11.8 Å². The summed E-state index contributed by atoms with van der Waals surface area (Å²) >= 11 is 0. The van der Waals surface area contributed by atoms with Crippen LogP contribution in [0.5, 0.6) is 0 Å². The number of carbonyl (C=O) groups excluding carboxylic acids is 2. The molecule has 0 aromatic carbocycles. The lowest BCUT2D eigenvalue weighted by atomic mass is 9.86. The summed E-state index contributed by atoms with van der Waals surface area (Å²) in [6.07, 6.45) is 8.19. The molecule has 0 radical (unpaired) electrons. The van der Waals surface area contributed by atoms with Gasteiger partial charge in [-0.2, -0.15) is 0 Å². The smallest absolute Gasteiger partial charge is 0.272 e. The fraction of sp³-hybridized carbons (Fsp3) is 0.682. The van der Waals surface area contributed by atoms with E-state index in [9.17, 15) is 9.59 Å². The van der Waals surface area contributed by atoms with Crippen LogP contribution in [-0.4, -0.2) is 65.0 Å². The number of likely N-dealkylation sites (tertiary alicyclic amines) is 1. The van der Waals surface area contributed by atoms with Gasteiger partial charge in [0.2, 0.25) is 5.91 Å². The van der Waals surface area contributed by atoms with Crippen LogP contribution in [0.25, 0.3) is 0 Å². The molecule has 7 nitrogen and oxygen atoms in total. The number of hydrogen-bond donors (Lipinski definition) is 1. The number of amides is 2. The number of nitrogens with zero attached hydrogens (tertiary/aromatic N) is 3. The molecule has 4 rings (SSSR count). The number of aromatic nitrogens is 1. The number of rotatable bonds is 3. The molecule has 2 aliphatic heterocycles. The summed E-state index contributed by atoms with van der Waals surface area (Å²) in [6, 6.07) is 5.11. The van der Waals surface area contributed by atoms with Crippen molar-refractivity contribution >= 4 is 17.6 Å². The number of anilines is 1. The number of nitrogens with two attached hydrogens (primary N) is 1. The van der Waals surface area contributed by atoms with Gasteiger partial charge in [0.25, 0.3) is 5.91 Å². The van der Waals surface area contributed by atoms with Crippen molar-refractivity contribution in [3.63, 3.8) is 0 Å². The molecule has 3 heterocycles. The first-order chi connectivity index (χ1) is 14.0. The van der Waals surface area contributed by atoms with Crippen molar-refractivity contribution in [3.8, 4) is 0 Å². The molecular formula is C22H32N4O3. The van der Waals surface area contributed by atoms with Crippen molar-refractivity contribution in [1.29, 1.82) is 0 Å². The predicted molar refractivity (Wildman–Crippen MR) is 110 cm³/mol. The highest BCUT2D eigenvalue weighted by Gasteiger charge is 2.42. The van der Waals surface area contributed by atoms with Crippen LogP contribution in [-0.2, 0) is 9.53 Å². The summed E-state index contributed by atoms with van der Waals surface area (Å²) in [7, 11) is 0. The first-order valence-corrected chi connectivity index (χ1v) is 11.0. The minimum atomic E-state index is -0.432. The molecule has 0 unspecified atom stereocenters. The van der Waals surface area contributed by atoms with Crippen LogP contribution in [0.1, 0.15) is 61.9 Å². The third-order valence-electron chi connectivity index (χ3n) is 6.75. The Bertz CT molecular complexity index is 739. The average Bonchev–Trinajstić information content (AvgIpc) is 2.88. The molecule has 1 aromatic heterocycles. The van der Waals surface area contributed by atoms with Crippen molar-refractivity contribution in [3.05, 3.63) is 23.9 Å². The first-order valence-electron chi connectivity index (χ1n) is 11.0. The van der Waals surface area contributed by atoms with Gasteiger partial charge in [0.1, 0.15) is 11.5 Å². The molecule has 2 saturated heterocycles. The number of carbonyl (C=O) groups is 2. The zero-order valence-corrected chi connectivity index (χ0v) is 17.1. The Kier molecular flexibility index (Phi) is 6.04. The lowest BCUT2D eigenvalue weighted by Crippen LogP contribution is -2.49. The lowest BCUT2D eigenvalue weighted by molar-refractivity contribution is -0.135. The van der Waals surface area contributed by atoms with Crippen molar-refractivity contribution in [2.45, 2.75) is 57.0 Å². The summed E-state index contributed by atoms with van der Waals surface area (Å²) in [4.78, 5) is 33.7. The molecule has 1 spiro atoms. The molecule has 29 heavy (non-hydrogen) atoms. The highest BCUT2D eigenvalue weighted by Crippen LogP contribution is 2.33. The van der Waals surface area contributed by atoms with E-state index in [1.54, 1.807) is 23.1 Å². The van der Waals surface area contributed by atoms with Gasteiger partial charge >= 0.3 is 0 Å². The van der Waals surface area contributed by atoms with Crippen LogP contribution in [0, 0.1) is 5.92 Å². The minimum absolute atomic E-state index is 0.106. The maximum Gasteiger partial charge on any atom is 0.272 e. The van der Waals surface area contributed by atoms with Crippen LogP contribution < -0.4 is 5.73 Å². The van der Waals surface area contributed by atoms with Gasteiger partial charge in [-0.3, -0.25) is 9.59 Å². The van der Waals surface area contributed by atoms with Gasteiger partial charge < -0.3 is 20.3 Å². The summed E-state index contributed by atoms with van der Waals surface area (Å²) in [5.74, 6) is 1.10. The molecule has 1 saturated carbocycles. The monoisotopic (exact) mass is 400 g/mol. The highest BCUT2D eigenvalue weighted by molar-refractivity contribution is 5.92. The second kappa shape index (κ2) is 8.69. The average molecular weight is 401 g/mol. The Labute approximate surface area is 172 Å². The van der Waals surface area contributed by atoms with Crippen LogP contribution in [0.4, 0.5) is 5.82 Å². The van der Waals surface area contributed by atoms with Crippen LogP contribution in [0.15, 0.2) is 18.2 Å². The van der Waals surface area contributed by atoms with E-state index in [4.69, 9.17) is 10.5 Å². The molecule has 1 aliphatic carbocycles. The van der Waals surface area contributed by atoms with Gasteiger partial charge in [0, 0.05) is 26.2 Å². The Hall–Kier alpha value is -2.15. The molecule has 158 valence electrons. The van der Waals surface area contributed by atoms with Gasteiger partial charge in [0.15, 0.2) is 0 Å². The van der Waals surface area contributed by atoms with E-state index >= 15 is 0 Å². The van der Waals surface area contributed by atoms with E-state index in [1.807, 2.05) is 4.90 Å². The number of pyridine rings is 1. The molecule has 3 fully saturated rings. The van der Waals surface area contributed by atoms with Crippen molar-refractivity contribution in [1.82, 2.24) is 14.8 Å². The van der Waals surface area contributed by atoms with Crippen LogP contribution >= 0.6 is 0 Å². The maximum atomic E-state index is 13.0. The van der Waals surface area contributed by atoms with Crippen LogP contribution in [0.2, 0.25) is 0 Å². The molecule has 1 aromatic rings. The van der Waals surface area contributed by atoms with E-state index in [2.05, 4.69) is 4.98 Å². The molecule has 2 amide bonds. The summed E-state index contributed by atoms with van der Waals surface area (Å²) < 4.78 is 6.24. The Morgan fingerprint density at radius 3 is 2.66 bits per heavy atom. The zero-order chi connectivity index (χ0) is 20.3. The number of hydrogen-bond acceptors (Lipinski definition) is 5. The van der Waals surface area contributed by atoms with Gasteiger partial charge in [-0.15, -0.1) is 0 Å². The second-order valence-corrected chi connectivity index (χ2v) is 8.79. The third kappa shape index (κ3) is 4.71. The van der Waals surface area contributed by atoms with Gasteiger partial charge in [0.05, 0.1) is 18.6 Å². The molecule has 0 bridgehead atoms. The number of ether oxygens (including phenoxy) is 1. The number of nitrogen functional groups attached to an aromatic ring is 1. The Morgan fingerprint density at radius 2 is 1.93 bits per heavy atom. The van der Waals surface area contributed by atoms with E-state index in [1.165, 1.54) is 32.1 Å². The van der Waals surface area contributed by atoms with Gasteiger partial charge in [-0.25, -0.2) is 4.98 Å². The van der Waals surface area contributed by atoms with Crippen LogP contribution in [0.3, 0.4) is 0 Å². The topological polar surface area (TPSA) is 88.8 Å². The highest BCUT2D eigenvalue weighted by atomic mass is 16.5. The standard InChI is InChI=1S/C22H32N4O3/c23-19-8-4-7-18(24-19)21(28)25-11-9-22(10-12-25)15-20(27)26(13-14-29-22)16-17-5-2-1-3-6-17/h4,7-8,17H,1-3,5-6,9-16H2,(H2,23,24). The molecular weight excluding hydrogens is 368 g/mol. The first kappa shape index (κ1) is 20.1. The number of piperidine rings is 1. The van der Waals surface area contributed by atoms with Crippen molar-refractivity contribution in [2.75, 3.05) is 38.5 Å². The third-order valence-corrected chi connectivity index (χ3v) is 6.75. The van der Waals surface area contributed by atoms with E-state index in [0.29, 0.717) is 62.9 Å². The maximum absolute atomic E-state index is 13.0. The van der Waals surface area contributed by atoms with Gasteiger partial charge in [-0.05, 0) is 43.7 Å². The largest absolute Gasteiger partial charge is 0.384 e. The fourth-order valence-electron chi connectivity index (χ4n) is 4.98. The Balaban J connectivity index is 1.34. The van der Waals surface area contributed by atoms with Crippen molar-refractivity contribution in [2.24, 2.45) is 5.92 Å². The minimum Gasteiger partial charge on any atom is -0.384 e. The van der Waals surface area contributed by atoms with E-state index in [0.717, 1.165) is 6.54 Å². The summed E-state index contributed by atoms with van der Waals surface area (Å²) in [5.41, 5.74) is 5.65. The quantitative estimate of drug-likeness (QED) is 0.842. The van der Waals surface area contributed by atoms with Gasteiger partial charge in [-0.1, -0.05) is 25.3 Å². The predicted octanol–water partition coefficient (Wildman–Crippen LogP) is 2.47. The Morgan fingerprint density at radius 1 is 1.17 bits per heavy atom. The molecule has 7 heteroatoms. The summed E-state index contributed by atoms with van der Waals surface area (Å²) in [6.45, 7) is 3.30. The fourth-order valence-corrected chi connectivity index (χ4v) is 4.98. The molecule has 3 aliphatic rings. The second-order valence-electron chi connectivity index (χ2n) is 8.79. The summed E-state index contributed by atoms with van der Waals surface area (Å²) in [5, 5.41) is 0. The lowest BCUT2D eigenvalue weighted by Gasteiger charge is -2.40.